The van der Waals surface area contributed by atoms with E-state index in [1.165, 1.54) is 16.8 Å². The third-order valence-corrected chi connectivity index (χ3v) is 4.63. The van der Waals surface area contributed by atoms with Crippen molar-refractivity contribution in [1.29, 1.82) is 0 Å². The zero-order chi connectivity index (χ0) is 20.1. The van der Waals surface area contributed by atoms with Gasteiger partial charge in [-0.3, -0.25) is 9.59 Å². The number of para-hydroxylation sites is 1. The number of nitrogens with zero attached hydrogens (tertiary/aromatic N) is 4. The van der Waals surface area contributed by atoms with Gasteiger partial charge in [-0.1, -0.05) is 18.2 Å². The van der Waals surface area contributed by atoms with Crippen LogP contribution in [0.1, 0.15) is 16.1 Å². The summed E-state index contributed by atoms with van der Waals surface area (Å²) in [5.74, 6) is 0.523. The maximum Gasteiger partial charge on any atom is 0.272 e. The molecule has 1 aromatic carbocycles. The minimum atomic E-state index is -0.348. The molecule has 29 heavy (non-hydrogen) atoms. The highest BCUT2D eigenvalue weighted by Crippen LogP contribution is 2.14. The van der Waals surface area contributed by atoms with E-state index >= 15 is 0 Å². The topological polar surface area (TPSA) is 89.4 Å². The van der Waals surface area contributed by atoms with Crippen LogP contribution in [0.4, 0.5) is 5.82 Å². The Balaban J connectivity index is 1.46. The van der Waals surface area contributed by atoms with Crippen LogP contribution in [0.15, 0.2) is 65.6 Å². The van der Waals surface area contributed by atoms with Crippen LogP contribution in [-0.2, 0) is 11.3 Å². The van der Waals surface area contributed by atoms with Crippen molar-refractivity contribution in [1.82, 2.24) is 20.1 Å². The van der Waals surface area contributed by atoms with Gasteiger partial charge < -0.3 is 15.0 Å². The van der Waals surface area contributed by atoms with Crippen molar-refractivity contribution >= 4 is 11.7 Å². The predicted octanol–water partition coefficient (Wildman–Crippen LogP) is 1.39. The van der Waals surface area contributed by atoms with Crippen molar-refractivity contribution in [2.24, 2.45) is 0 Å². The molecule has 4 rings (SSSR count). The number of carbonyl (C=O) groups is 1. The van der Waals surface area contributed by atoms with E-state index in [2.05, 4.69) is 20.3 Å². The smallest absolute Gasteiger partial charge is 0.272 e. The monoisotopic (exact) mass is 391 g/mol. The van der Waals surface area contributed by atoms with Gasteiger partial charge in [0.05, 0.1) is 18.9 Å². The van der Waals surface area contributed by atoms with Gasteiger partial charge in [-0.05, 0) is 35.9 Å². The summed E-state index contributed by atoms with van der Waals surface area (Å²) in [6.07, 6.45) is 1.74. The molecule has 3 heterocycles. The van der Waals surface area contributed by atoms with Crippen molar-refractivity contribution in [2.75, 3.05) is 31.2 Å². The summed E-state index contributed by atoms with van der Waals surface area (Å²) < 4.78 is 6.59. The van der Waals surface area contributed by atoms with E-state index in [4.69, 9.17) is 4.74 Å². The molecule has 0 saturated carbocycles. The Bertz CT molecular complexity index is 1050. The lowest BCUT2D eigenvalue weighted by atomic mass is 10.2. The van der Waals surface area contributed by atoms with Gasteiger partial charge in [-0.2, -0.15) is 9.78 Å². The van der Waals surface area contributed by atoms with Gasteiger partial charge in [-0.25, -0.2) is 4.98 Å². The highest BCUT2D eigenvalue weighted by atomic mass is 16.5. The molecule has 0 unspecified atom stereocenters. The predicted molar refractivity (Wildman–Crippen MR) is 108 cm³/mol. The summed E-state index contributed by atoms with van der Waals surface area (Å²) in [4.78, 5) is 31.2. The Morgan fingerprint density at radius 1 is 1.07 bits per heavy atom. The minimum Gasteiger partial charge on any atom is -0.378 e. The zero-order valence-corrected chi connectivity index (χ0v) is 15.8. The van der Waals surface area contributed by atoms with Crippen LogP contribution >= 0.6 is 0 Å². The van der Waals surface area contributed by atoms with Crippen molar-refractivity contribution in [2.45, 2.75) is 6.54 Å². The van der Waals surface area contributed by atoms with Crippen LogP contribution in [0.25, 0.3) is 5.69 Å². The van der Waals surface area contributed by atoms with E-state index < -0.39 is 0 Å². The highest BCUT2D eigenvalue weighted by molar-refractivity contribution is 5.92. The van der Waals surface area contributed by atoms with E-state index in [0.29, 0.717) is 25.4 Å². The van der Waals surface area contributed by atoms with Gasteiger partial charge in [0.25, 0.3) is 11.5 Å². The van der Waals surface area contributed by atoms with Crippen LogP contribution in [0.2, 0.25) is 0 Å². The van der Waals surface area contributed by atoms with Crippen LogP contribution in [0, 0.1) is 0 Å². The molecule has 1 aliphatic rings. The molecule has 0 radical (unpaired) electrons. The third kappa shape index (κ3) is 4.49. The quantitative estimate of drug-likeness (QED) is 0.707. The van der Waals surface area contributed by atoms with Crippen LogP contribution in [-0.4, -0.2) is 47.0 Å². The number of nitrogens with one attached hydrogen (secondary N) is 1. The molecule has 0 bridgehead atoms. The third-order valence-electron chi connectivity index (χ3n) is 4.63. The first kappa shape index (κ1) is 18.8. The lowest BCUT2D eigenvalue weighted by molar-refractivity contribution is 0.0944. The summed E-state index contributed by atoms with van der Waals surface area (Å²) in [6.45, 7) is 3.31. The Morgan fingerprint density at radius 2 is 1.86 bits per heavy atom. The molecule has 2 aromatic heterocycles. The van der Waals surface area contributed by atoms with Crippen LogP contribution < -0.4 is 15.8 Å². The number of benzene rings is 1. The fourth-order valence-electron chi connectivity index (χ4n) is 3.10. The number of rotatable bonds is 5. The number of hydrogen-bond donors (Lipinski definition) is 1. The second kappa shape index (κ2) is 8.66. The standard InChI is InChI=1S/C21H21N5O3/c27-20-7-6-18(24-26(20)17-4-2-1-3-5-17)21(28)23-15-16-8-9-22-19(14-16)25-10-12-29-13-11-25/h1-9,14H,10-13,15H2,(H,23,28). The molecule has 1 aliphatic heterocycles. The summed E-state index contributed by atoms with van der Waals surface area (Å²) in [5.41, 5.74) is 1.43. The molecule has 0 spiro atoms. The minimum absolute atomic E-state index is 0.177. The van der Waals surface area contributed by atoms with Gasteiger partial charge in [0, 0.05) is 31.9 Å². The Kier molecular flexibility index (Phi) is 5.62. The number of pyridine rings is 1. The molecular weight excluding hydrogens is 370 g/mol. The number of carbonyl (C=O) groups excluding carboxylic acids is 1. The number of morpholine rings is 1. The molecule has 148 valence electrons. The maximum atomic E-state index is 12.6. The molecule has 1 amide bonds. The lowest BCUT2D eigenvalue weighted by Crippen LogP contribution is -2.36. The molecule has 3 aromatic rings. The van der Waals surface area contributed by atoms with Crippen molar-refractivity contribution in [3.05, 3.63) is 82.4 Å². The van der Waals surface area contributed by atoms with E-state index in [1.54, 1.807) is 18.3 Å². The van der Waals surface area contributed by atoms with Gasteiger partial charge in [-0.15, -0.1) is 0 Å². The largest absolute Gasteiger partial charge is 0.378 e. The summed E-state index contributed by atoms with van der Waals surface area (Å²) in [5, 5.41) is 7.06. The van der Waals surface area contributed by atoms with Gasteiger partial charge >= 0.3 is 0 Å². The second-order valence-corrected chi connectivity index (χ2v) is 6.61. The molecule has 8 heteroatoms. The van der Waals surface area contributed by atoms with E-state index in [-0.39, 0.29) is 17.2 Å². The molecular formula is C21H21N5O3. The lowest BCUT2D eigenvalue weighted by Gasteiger charge is -2.28. The zero-order valence-electron chi connectivity index (χ0n) is 15.8. The number of amides is 1. The molecule has 0 atom stereocenters. The van der Waals surface area contributed by atoms with Crippen molar-refractivity contribution in [3.63, 3.8) is 0 Å². The number of hydrogen-bond acceptors (Lipinski definition) is 6. The summed E-state index contributed by atoms with van der Waals surface area (Å²) in [6, 6.07) is 15.6. The van der Waals surface area contributed by atoms with Crippen molar-refractivity contribution in [3.8, 4) is 5.69 Å². The van der Waals surface area contributed by atoms with Crippen LogP contribution in [0.5, 0.6) is 0 Å². The van der Waals surface area contributed by atoms with Crippen LogP contribution in [0.3, 0.4) is 0 Å². The average molecular weight is 391 g/mol. The Morgan fingerprint density at radius 3 is 2.66 bits per heavy atom. The van der Waals surface area contributed by atoms with E-state index in [0.717, 1.165) is 24.5 Å². The molecule has 1 N–H and O–H groups in total. The molecule has 8 nitrogen and oxygen atoms in total. The Labute approximate surface area is 167 Å². The van der Waals surface area contributed by atoms with Gasteiger partial charge in [0.2, 0.25) is 0 Å². The molecule has 0 aliphatic carbocycles. The first-order valence-electron chi connectivity index (χ1n) is 9.42. The summed E-state index contributed by atoms with van der Waals surface area (Å²) in [7, 11) is 0. The van der Waals surface area contributed by atoms with Crippen molar-refractivity contribution < 1.29 is 9.53 Å². The maximum absolute atomic E-state index is 12.6. The first-order valence-corrected chi connectivity index (χ1v) is 9.42. The fraction of sp³-hybridized carbons (Fsp3) is 0.238. The highest BCUT2D eigenvalue weighted by Gasteiger charge is 2.14. The normalized spacial score (nSPS) is 13.9. The molecule has 1 saturated heterocycles. The van der Waals surface area contributed by atoms with Gasteiger partial charge in [0.1, 0.15) is 11.5 Å². The van der Waals surface area contributed by atoms with Gasteiger partial charge in [0.15, 0.2) is 0 Å². The fourth-order valence-corrected chi connectivity index (χ4v) is 3.10. The number of anilines is 1. The number of ether oxygens (including phenoxy) is 1. The van der Waals surface area contributed by atoms with E-state index in [1.807, 2.05) is 30.3 Å². The SMILES string of the molecule is O=C(NCc1ccnc(N2CCOCC2)c1)c1ccc(=O)n(-c2ccccc2)n1. The average Bonchev–Trinajstić information content (AvgIpc) is 2.79. The Hall–Kier alpha value is -3.52. The molecule has 1 fully saturated rings. The number of aromatic nitrogens is 3. The summed E-state index contributed by atoms with van der Waals surface area (Å²) >= 11 is 0. The first-order chi connectivity index (χ1) is 14.2. The van der Waals surface area contributed by atoms with E-state index in [9.17, 15) is 9.59 Å². The second-order valence-electron chi connectivity index (χ2n) is 6.61.